The van der Waals surface area contributed by atoms with Gasteiger partial charge in [-0.3, -0.25) is 14.5 Å². The molecule has 2 aromatic rings. The molecule has 0 bridgehead atoms. The van der Waals surface area contributed by atoms with Crippen LogP contribution in [0, 0.1) is 13.8 Å². The van der Waals surface area contributed by atoms with Gasteiger partial charge in [0.25, 0.3) is 11.1 Å². The van der Waals surface area contributed by atoms with Gasteiger partial charge in [-0.05, 0) is 81.4 Å². The van der Waals surface area contributed by atoms with Gasteiger partial charge in [-0.1, -0.05) is 0 Å². The highest BCUT2D eigenvalue weighted by Gasteiger charge is 2.33. The summed E-state index contributed by atoms with van der Waals surface area (Å²) < 4.78 is 7.63. The minimum Gasteiger partial charge on any atom is -0.494 e. The van der Waals surface area contributed by atoms with Crippen molar-refractivity contribution in [2.24, 2.45) is 0 Å². The third-order valence-corrected chi connectivity index (χ3v) is 5.26. The Kier molecular flexibility index (Phi) is 5.23. The molecule has 0 N–H and O–H groups in total. The molecule has 1 fully saturated rings. The minimum atomic E-state index is -0.214. The first kappa shape index (κ1) is 18.3. The number of carbonyl (C=O) groups excluding carboxylic acids is 2. The average Bonchev–Trinajstić information content (AvgIpc) is 3.04. The number of aromatic nitrogens is 1. The lowest BCUT2D eigenvalue weighted by atomic mass is 10.2. The maximum Gasteiger partial charge on any atom is 0.293 e. The lowest BCUT2D eigenvalue weighted by molar-refractivity contribution is -0.122. The van der Waals surface area contributed by atoms with Crippen molar-refractivity contribution in [1.82, 2.24) is 9.47 Å². The molecule has 0 atom stereocenters. The lowest BCUT2D eigenvalue weighted by Crippen LogP contribution is -2.27. The van der Waals surface area contributed by atoms with Gasteiger partial charge in [0.1, 0.15) is 5.75 Å². The van der Waals surface area contributed by atoms with Crippen LogP contribution < -0.4 is 4.74 Å². The number of thioether (sulfide) groups is 1. The summed E-state index contributed by atoms with van der Waals surface area (Å²) in [5, 5.41) is -0.205. The van der Waals surface area contributed by atoms with Gasteiger partial charge in [0.05, 0.1) is 11.5 Å². The van der Waals surface area contributed by atoms with E-state index in [9.17, 15) is 9.59 Å². The number of nitrogens with zero attached hydrogens (tertiary/aromatic N) is 2. The van der Waals surface area contributed by atoms with Crippen molar-refractivity contribution < 1.29 is 14.3 Å². The van der Waals surface area contributed by atoms with Crippen molar-refractivity contribution in [1.29, 1.82) is 0 Å². The minimum absolute atomic E-state index is 0.205. The SMILES string of the molecule is CCOc1ccc(-n2c(C)cc(/C=C3/SC(=O)N(CC)C3=O)c2C)cc1. The molecule has 3 rings (SSSR count). The van der Waals surface area contributed by atoms with Crippen LogP contribution in [0.15, 0.2) is 35.2 Å². The molecule has 0 radical (unpaired) electrons. The molecule has 1 aliphatic heterocycles. The molecule has 5 nitrogen and oxygen atoms in total. The van der Waals surface area contributed by atoms with Crippen molar-refractivity contribution in [3.8, 4) is 11.4 Å². The fourth-order valence-corrected chi connectivity index (χ4v) is 4.00. The highest BCUT2D eigenvalue weighted by Crippen LogP contribution is 2.33. The second-order valence-corrected chi connectivity index (χ2v) is 7.01. The fourth-order valence-electron chi connectivity index (χ4n) is 3.10. The van der Waals surface area contributed by atoms with E-state index < -0.39 is 0 Å². The number of benzene rings is 1. The lowest BCUT2D eigenvalue weighted by Gasteiger charge is -2.11. The van der Waals surface area contributed by atoms with Crippen molar-refractivity contribution in [2.75, 3.05) is 13.2 Å². The normalized spacial score (nSPS) is 16.0. The number of hydrogen-bond donors (Lipinski definition) is 0. The molecule has 1 aromatic heterocycles. The smallest absolute Gasteiger partial charge is 0.293 e. The topological polar surface area (TPSA) is 51.5 Å². The molecule has 0 unspecified atom stereocenters. The predicted octanol–water partition coefficient (Wildman–Crippen LogP) is 4.55. The van der Waals surface area contributed by atoms with Crippen molar-refractivity contribution in [3.05, 3.63) is 52.2 Å². The van der Waals surface area contributed by atoms with E-state index in [1.54, 1.807) is 6.92 Å². The van der Waals surface area contributed by atoms with Gasteiger partial charge in [0, 0.05) is 23.6 Å². The first-order chi connectivity index (χ1) is 12.5. The van der Waals surface area contributed by atoms with Crippen molar-refractivity contribution in [3.63, 3.8) is 0 Å². The monoisotopic (exact) mass is 370 g/mol. The molecular weight excluding hydrogens is 348 g/mol. The molecule has 136 valence electrons. The summed E-state index contributed by atoms with van der Waals surface area (Å²) in [5.41, 5.74) is 4.06. The van der Waals surface area contributed by atoms with E-state index in [1.165, 1.54) is 4.90 Å². The zero-order valence-electron chi connectivity index (χ0n) is 15.4. The van der Waals surface area contributed by atoms with Crippen LogP contribution in [0.3, 0.4) is 0 Å². The van der Waals surface area contributed by atoms with Crippen LogP contribution in [0.1, 0.15) is 30.8 Å². The van der Waals surface area contributed by atoms with E-state index in [4.69, 9.17) is 4.74 Å². The molecule has 1 aliphatic rings. The van der Waals surface area contributed by atoms with E-state index in [-0.39, 0.29) is 11.1 Å². The fraction of sp³-hybridized carbons (Fsp3) is 0.300. The van der Waals surface area contributed by atoms with Gasteiger partial charge in [-0.2, -0.15) is 0 Å². The molecule has 2 amide bonds. The number of imide groups is 1. The number of hydrogen-bond acceptors (Lipinski definition) is 4. The third-order valence-electron chi connectivity index (χ3n) is 4.35. The largest absolute Gasteiger partial charge is 0.494 e. The van der Waals surface area contributed by atoms with Crippen LogP contribution in [0.5, 0.6) is 5.75 Å². The summed E-state index contributed by atoms with van der Waals surface area (Å²) in [5.74, 6) is 0.626. The second-order valence-electron chi connectivity index (χ2n) is 6.01. The highest BCUT2D eigenvalue weighted by molar-refractivity contribution is 8.18. The van der Waals surface area contributed by atoms with Gasteiger partial charge in [0.2, 0.25) is 0 Å². The number of likely N-dealkylation sites (N-methyl/N-ethyl adjacent to an activating group) is 1. The first-order valence-corrected chi connectivity index (χ1v) is 9.45. The van der Waals surface area contributed by atoms with Crippen molar-refractivity contribution >= 4 is 29.0 Å². The Morgan fingerprint density at radius 1 is 1.12 bits per heavy atom. The quantitative estimate of drug-likeness (QED) is 0.725. The number of rotatable bonds is 5. The van der Waals surface area contributed by atoms with Crippen LogP contribution in [-0.4, -0.2) is 33.8 Å². The summed E-state index contributed by atoms with van der Waals surface area (Å²) >= 11 is 1.00. The second kappa shape index (κ2) is 7.41. The zero-order valence-corrected chi connectivity index (χ0v) is 16.2. The summed E-state index contributed by atoms with van der Waals surface area (Å²) in [6.45, 7) is 8.83. The van der Waals surface area contributed by atoms with E-state index in [0.717, 1.165) is 40.2 Å². The summed E-state index contributed by atoms with van der Waals surface area (Å²) in [7, 11) is 0. The molecule has 0 aliphatic carbocycles. The van der Waals surface area contributed by atoms with Gasteiger partial charge in [-0.15, -0.1) is 0 Å². The number of carbonyl (C=O) groups is 2. The molecule has 1 saturated heterocycles. The number of amides is 2. The maximum atomic E-state index is 12.3. The first-order valence-electron chi connectivity index (χ1n) is 8.63. The number of aryl methyl sites for hydroxylation is 1. The third kappa shape index (κ3) is 3.29. The van der Waals surface area contributed by atoms with Gasteiger partial charge in [0.15, 0.2) is 0 Å². The standard InChI is InChI=1S/C20H22N2O3S/c1-5-21-19(23)18(26-20(21)24)12-15-11-13(3)22(14(15)4)16-7-9-17(10-8-16)25-6-2/h7-12H,5-6H2,1-4H3/b18-12+. The molecular formula is C20H22N2O3S. The summed E-state index contributed by atoms with van der Waals surface area (Å²) in [6, 6.07) is 9.96. The summed E-state index contributed by atoms with van der Waals surface area (Å²) in [4.78, 5) is 26.0. The maximum absolute atomic E-state index is 12.3. The molecule has 2 heterocycles. The Bertz CT molecular complexity index is 881. The summed E-state index contributed by atoms with van der Waals surface area (Å²) in [6.07, 6.45) is 1.81. The Balaban J connectivity index is 1.95. The average molecular weight is 370 g/mol. The van der Waals surface area contributed by atoms with Crippen LogP contribution in [0.25, 0.3) is 11.8 Å². The van der Waals surface area contributed by atoms with Gasteiger partial charge in [-0.25, -0.2) is 0 Å². The van der Waals surface area contributed by atoms with E-state index in [1.807, 2.05) is 57.2 Å². The Hall–Kier alpha value is -2.47. The zero-order chi connectivity index (χ0) is 18.8. The molecule has 6 heteroatoms. The predicted molar refractivity (Wildman–Crippen MR) is 105 cm³/mol. The number of ether oxygens (including phenoxy) is 1. The van der Waals surface area contributed by atoms with Crippen molar-refractivity contribution in [2.45, 2.75) is 27.7 Å². The van der Waals surface area contributed by atoms with Crippen LogP contribution >= 0.6 is 11.8 Å². The molecule has 26 heavy (non-hydrogen) atoms. The Morgan fingerprint density at radius 2 is 1.81 bits per heavy atom. The van der Waals surface area contributed by atoms with Gasteiger partial charge < -0.3 is 9.30 Å². The highest BCUT2D eigenvalue weighted by atomic mass is 32.2. The molecule has 0 saturated carbocycles. The van der Waals surface area contributed by atoms with Crippen LogP contribution in [-0.2, 0) is 4.79 Å². The van der Waals surface area contributed by atoms with E-state index in [0.29, 0.717) is 18.1 Å². The van der Waals surface area contributed by atoms with E-state index in [2.05, 4.69) is 4.57 Å². The molecule has 1 aromatic carbocycles. The van der Waals surface area contributed by atoms with E-state index >= 15 is 0 Å². The van der Waals surface area contributed by atoms with Crippen LogP contribution in [0.4, 0.5) is 4.79 Å². The van der Waals surface area contributed by atoms with Gasteiger partial charge >= 0.3 is 0 Å². The van der Waals surface area contributed by atoms with Crippen LogP contribution in [0.2, 0.25) is 0 Å². The Morgan fingerprint density at radius 3 is 2.38 bits per heavy atom. The Labute approximate surface area is 157 Å². The molecule has 0 spiro atoms.